The summed E-state index contributed by atoms with van der Waals surface area (Å²) in [5.41, 5.74) is 0. The molecule has 0 aromatic rings. The van der Waals surface area contributed by atoms with Gasteiger partial charge in [-0.15, -0.1) is 0 Å². The predicted octanol–water partition coefficient (Wildman–Crippen LogP) is 3.59. The summed E-state index contributed by atoms with van der Waals surface area (Å²) in [6.45, 7) is 6.70. The molecule has 0 saturated carbocycles. The summed E-state index contributed by atoms with van der Waals surface area (Å²) in [7, 11) is 0. The van der Waals surface area contributed by atoms with Gasteiger partial charge < -0.3 is 0 Å². The van der Waals surface area contributed by atoms with Crippen LogP contribution >= 0.6 is 0 Å². The largest absolute Gasteiger partial charge is 0.299 e. The maximum atomic E-state index is 10.1. The van der Waals surface area contributed by atoms with Gasteiger partial charge in [-0.3, -0.25) is 4.79 Å². The Hall–Kier alpha value is -0.590. The van der Waals surface area contributed by atoms with Crippen molar-refractivity contribution in [2.45, 2.75) is 46.5 Å². The second kappa shape index (κ2) is 8.03. The van der Waals surface area contributed by atoms with Crippen LogP contribution in [-0.2, 0) is 4.79 Å². The lowest BCUT2D eigenvalue weighted by molar-refractivity contribution is -0.104. The molecule has 0 radical (unpaired) electrons. The zero-order valence-electron chi connectivity index (χ0n) is 9.12. The molecule has 0 saturated heterocycles. The molecule has 0 fully saturated rings. The first-order valence-electron chi connectivity index (χ1n) is 5.32. The number of aldehydes is 1. The highest BCUT2D eigenvalue weighted by molar-refractivity contribution is 5.64. The van der Waals surface area contributed by atoms with Gasteiger partial charge in [0.25, 0.3) is 0 Å². The van der Waals surface area contributed by atoms with Gasteiger partial charge in [-0.25, -0.2) is 0 Å². The summed E-state index contributed by atoms with van der Waals surface area (Å²) in [5, 5.41) is 0. The molecule has 0 amide bonds. The first-order valence-corrected chi connectivity index (χ1v) is 5.32. The molecule has 0 aromatic heterocycles. The lowest BCUT2D eigenvalue weighted by atomic mass is 9.97. The fourth-order valence-electron chi connectivity index (χ4n) is 1.32. The molecule has 1 heteroatoms. The summed E-state index contributed by atoms with van der Waals surface area (Å²) in [5.74, 6) is 1.40. The second-order valence-electron chi connectivity index (χ2n) is 3.94. The highest BCUT2D eigenvalue weighted by Gasteiger charge is 2.00. The van der Waals surface area contributed by atoms with Crippen molar-refractivity contribution in [3.8, 4) is 0 Å². The summed E-state index contributed by atoms with van der Waals surface area (Å²) in [6, 6.07) is 0. The van der Waals surface area contributed by atoms with E-state index in [1.54, 1.807) is 6.08 Å². The summed E-state index contributed by atoms with van der Waals surface area (Å²) in [4.78, 5) is 10.1. The topological polar surface area (TPSA) is 17.1 Å². The van der Waals surface area contributed by atoms with Crippen molar-refractivity contribution in [2.24, 2.45) is 11.8 Å². The van der Waals surface area contributed by atoms with E-state index in [-0.39, 0.29) is 0 Å². The third kappa shape index (κ3) is 7.76. The zero-order valence-corrected chi connectivity index (χ0v) is 9.12. The molecule has 2 atom stereocenters. The van der Waals surface area contributed by atoms with Crippen molar-refractivity contribution in [1.29, 1.82) is 0 Å². The van der Waals surface area contributed by atoms with Crippen LogP contribution in [0.15, 0.2) is 12.2 Å². The van der Waals surface area contributed by atoms with Crippen molar-refractivity contribution in [1.82, 2.24) is 0 Å². The van der Waals surface area contributed by atoms with Crippen LogP contribution in [-0.4, -0.2) is 6.29 Å². The van der Waals surface area contributed by atoms with Crippen LogP contribution in [0.2, 0.25) is 0 Å². The lowest BCUT2D eigenvalue weighted by Crippen LogP contribution is -1.95. The van der Waals surface area contributed by atoms with Crippen LogP contribution in [0.25, 0.3) is 0 Å². The van der Waals surface area contributed by atoms with Crippen LogP contribution in [0.4, 0.5) is 0 Å². The maximum Gasteiger partial charge on any atom is 0.142 e. The minimum atomic E-state index is 0.550. The minimum Gasteiger partial charge on any atom is -0.299 e. The number of hydrogen-bond acceptors (Lipinski definition) is 1. The fraction of sp³-hybridized carbons (Fsp3) is 0.750. The summed E-state index contributed by atoms with van der Waals surface area (Å²) in [6.07, 6.45) is 9.52. The minimum absolute atomic E-state index is 0.550. The maximum absolute atomic E-state index is 10.1. The molecule has 0 aliphatic heterocycles. The van der Waals surface area contributed by atoms with Gasteiger partial charge in [-0.2, -0.15) is 0 Å². The third-order valence-corrected chi connectivity index (χ3v) is 2.57. The Morgan fingerprint density at radius 2 is 1.92 bits per heavy atom. The highest BCUT2D eigenvalue weighted by Crippen LogP contribution is 2.15. The van der Waals surface area contributed by atoms with Gasteiger partial charge in [0.05, 0.1) is 0 Å². The van der Waals surface area contributed by atoms with Gasteiger partial charge in [0.2, 0.25) is 0 Å². The number of allylic oxidation sites excluding steroid dienone is 2. The normalized spacial score (nSPS) is 15.9. The van der Waals surface area contributed by atoms with E-state index >= 15 is 0 Å². The number of carbonyl (C=O) groups excluding carboxylic acids is 1. The van der Waals surface area contributed by atoms with Crippen LogP contribution < -0.4 is 0 Å². The Morgan fingerprint density at radius 1 is 1.23 bits per heavy atom. The van der Waals surface area contributed by atoms with Gasteiger partial charge in [0, 0.05) is 0 Å². The predicted molar refractivity (Wildman–Crippen MR) is 57.7 cm³/mol. The molecule has 0 aliphatic carbocycles. The molecular weight excluding hydrogens is 160 g/mol. The molecular formula is C12H22O. The molecule has 13 heavy (non-hydrogen) atoms. The molecule has 0 aliphatic rings. The van der Waals surface area contributed by atoms with Crippen molar-refractivity contribution >= 4 is 6.29 Å². The van der Waals surface area contributed by atoms with Gasteiger partial charge in [0.15, 0.2) is 0 Å². The van der Waals surface area contributed by atoms with Crippen molar-refractivity contribution < 1.29 is 4.79 Å². The molecule has 0 N–H and O–H groups in total. The van der Waals surface area contributed by atoms with E-state index in [9.17, 15) is 4.79 Å². The lowest BCUT2D eigenvalue weighted by Gasteiger charge is -2.09. The molecule has 0 heterocycles. The Labute approximate surface area is 82.2 Å². The molecule has 0 aromatic carbocycles. The van der Waals surface area contributed by atoms with E-state index in [1.807, 2.05) is 6.08 Å². The monoisotopic (exact) mass is 182 g/mol. The van der Waals surface area contributed by atoms with Crippen molar-refractivity contribution in [3.05, 3.63) is 12.2 Å². The van der Waals surface area contributed by atoms with E-state index in [0.29, 0.717) is 5.92 Å². The molecule has 0 unspecified atom stereocenters. The third-order valence-electron chi connectivity index (χ3n) is 2.57. The van der Waals surface area contributed by atoms with Gasteiger partial charge in [0.1, 0.15) is 6.29 Å². The average molecular weight is 182 g/mol. The first-order chi connectivity index (χ1) is 6.20. The summed E-state index contributed by atoms with van der Waals surface area (Å²) < 4.78 is 0. The smallest absolute Gasteiger partial charge is 0.142 e. The highest BCUT2D eigenvalue weighted by atomic mass is 16.1. The second-order valence-corrected chi connectivity index (χ2v) is 3.94. The van der Waals surface area contributed by atoms with E-state index in [4.69, 9.17) is 0 Å². The first kappa shape index (κ1) is 12.4. The van der Waals surface area contributed by atoms with Crippen molar-refractivity contribution in [3.63, 3.8) is 0 Å². The number of hydrogen-bond donors (Lipinski definition) is 0. The zero-order chi connectivity index (χ0) is 10.1. The standard InChI is InChI=1S/C12H22O/c1-4-11(2)7-5-8-12(3)9-6-10-13/h6,9-12H,4-5,7-8H2,1-3H3/t11-,12+/m0/s1. The molecule has 1 nitrogen and oxygen atoms in total. The van der Waals surface area contributed by atoms with Crippen molar-refractivity contribution in [2.75, 3.05) is 0 Å². The van der Waals surface area contributed by atoms with E-state index < -0.39 is 0 Å². The number of rotatable bonds is 7. The van der Waals surface area contributed by atoms with Crippen LogP contribution in [0.3, 0.4) is 0 Å². The Morgan fingerprint density at radius 3 is 2.46 bits per heavy atom. The van der Waals surface area contributed by atoms with Gasteiger partial charge in [-0.05, 0) is 24.3 Å². The SMILES string of the molecule is CC[C@H](C)CCC[C@@H](C)C=CC=O. The Bertz CT molecular complexity index is 149. The summed E-state index contributed by atoms with van der Waals surface area (Å²) >= 11 is 0. The fourth-order valence-corrected chi connectivity index (χ4v) is 1.32. The van der Waals surface area contributed by atoms with Crippen LogP contribution in [0.5, 0.6) is 0 Å². The number of carbonyl (C=O) groups is 1. The molecule has 0 spiro atoms. The van der Waals surface area contributed by atoms with Gasteiger partial charge >= 0.3 is 0 Å². The molecule has 76 valence electrons. The van der Waals surface area contributed by atoms with E-state index in [2.05, 4.69) is 20.8 Å². The van der Waals surface area contributed by atoms with E-state index in [1.165, 1.54) is 25.7 Å². The quantitative estimate of drug-likeness (QED) is 0.434. The van der Waals surface area contributed by atoms with Gasteiger partial charge in [-0.1, -0.05) is 46.1 Å². The van der Waals surface area contributed by atoms with Crippen LogP contribution in [0, 0.1) is 11.8 Å². The Kier molecular flexibility index (Phi) is 7.66. The molecule has 0 rings (SSSR count). The van der Waals surface area contributed by atoms with E-state index in [0.717, 1.165) is 12.2 Å². The molecule has 0 bridgehead atoms. The average Bonchev–Trinajstić information content (AvgIpc) is 2.14. The van der Waals surface area contributed by atoms with Crippen LogP contribution in [0.1, 0.15) is 46.5 Å². The Balaban J connectivity index is 3.41.